The molecule has 1 fully saturated rings. The van der Waals surface area contributed by atoms with E-state index in [1.165, 1.54) is 0 Å². The normalized spacial score (nSPS) is 21.8. The van der Waals surface area contributed by atoms with Crippen molar-refractivity contribution in [2.45, 2.75) is 26.4 Å². The summed E-state index contributed by atoms with van der Waals surface area (Å²) >= 11 is 0. The van der Waals surface area contributed by atoms with Crippen LogP contribution in [-0.4, -0.2) is 25.4 Å². The fourth-order valence-electron chi connectivity index (χ4n) is 3.19. The minimum absolute atomic E-state index is 0.0232. The Labute approximate surface area is 147 Å². The monoisotopic (exact) mass is 342 g/mol. The summed E-state index contributed by atoms with van der Waals surface area (Å²) in [6, 6.07) is 11.5. The molecule has 2 aliphatic rings. The van der Waals surface area contributed by atoms with Gasteiger partial charge in [-0.2, -0.15) is 0 Å². The van der Waals surface area contributed by atoms with Gasteiger partial charge >= 0.3 is 0 Å². The Kier molecular flexibility index (Phi) is 3.95. The van der Waals surface area contributed by atoms with Crippen LogP contribution in [0.4, 0.5) is 0 Å². The molecule has 0 saturated carbocycles. The number of ether oxygens (including phenoxy) is 4. The molecule has 0 bridgehead atoms. The molecule has 5 heteroatoms. The highest BCUT2D eigenvalue weighted by molar-refractivity contribution is 5.76. The van der Waals surface area contributed by atoms with Crippen LogP contribution in [0.25, 0.3) is 11.1 Å². The van der Waals surface area contributed by atoms with E-state index in [1.807, 2.05) is 30.3 Å². The van der Waals surface area contributed by atoms with Crippen LogP contribution in [0, 0.1) is 5.41 Å². The quantitative estimate of drug-likeness (QED) is 0.899. The van der Waals surface area contributed by atoms with Crippen molar-refractivity contribution < 1.29 is 24.1 Å². The van der Waals surface area contributed by atoms with E-state index in [0.29, 0.717) is 30.3 Å². The molecule has 0 radical (unpaired) electrons. The van der Waals surface area contributed by atoms with Crippen molar-refractivity contribution >= 4 is 0 Å². The van der Waals surface area contributed by atoms with Gasteiger partial charge in [0.15, 0.2) is 6.29 Å². The molecule has 2 aromatic rings. The molecule has 0 amide bonds. The number of rotatable bonds is 2. The van der Waals surface area contributed by atoms with E-state index in [4.69, 9.17) is 18.9 Å². The standard InChI is InChI=1S/C20H22O5/c1-20(2)10-23-19(24-11-20)12-4-6-15-14-7-5-13(22-3)9-16(14)18(21)25-17(15)8-12/h4-9,18-19,21H,10-11H2,1-3H3. The molecule has 2 aliphatic heterocycles. The van der Waals surface area contributed by atoms with Crippen molar-refractivity contribution in [1.82, 2.24) is 0 Å². The second kappa shape index (κ2) is 6.02. The van der Waals surface area contributed by atoms with Gasteiger partial charge in [0.2, 0.25) is 6.29 Å². The van der Waals surface area contributed by atoms with Crippen molar-refractivity contribution in [3.8, 4) is 22.6 Å². The Bertz CT molecular complexity index is 789. The predicted octanol–water partition coefficient (Wildman–Crippen LogP) is 3.82. The first-order valence-corrected chi connectivity index (χ1v) is 8.37. The van der Waals surface area contributed by atoms with E-state index >= 15 is 0 Å². The van der Waals surface area contributed by atoms with Crippen molar-refractivity contribution in [3.63, 3.8) is 0 Å². The molecule has 1 saturated heterocycles. The largest absolute Gasteiger partial charge is 0.497 e. The summed E-state index contributed by atoms with van der Waals surface area (Å²) in [7, 11) is 1.60. The molecular weight excluding hydrogens is 320 g/mol. The minimum atomic E-state index is -1.03. The van der Waals surface area contributed by atoms with E-state index < -0.39 is 12.6 Å². The van der Waals surface area contributed by atoms with Crippen molar-refractivity contribution in [1.29, 1.82) is 0 Å². The fraction of sp³-hybridized carbons (Fsp3) is 0.400. The van der Waals surface area contributed by atoms with Gasteiger partial charge in [-0.05, 0) is 23.8 Å². The van der Waals surface area contributed by atoms with Gasteiger partial charge in [0.05, 0.1) is 20.3 Å². The molecule has 132 valence electrons. The van der Waals surface area contributed by atoms with Crippen LogP contribution >= 0.6 is 0 Å². The fourth-order valence-corrected chi connectivity index (χ4v) is 3.19. The average molecular weight is 342 g/mol. The summed E-state index contributed by atoms with van der Waals surface area (Å²) in [4.78, 5) is 0. The Morgan fingerprint density at radius 2 is 1.76 bits per heavy atom. The zero-order valence-electron chi connectivity index (χ0n) is 14.6. The number of benzene rings is 2. The average Bonchev–Trinajstić information content (AvgIpc) is 2.61. The number of methoxy groups -OCH3 is 1. The Morgan fingerprint density at radius 3 is 2.48 bits per heavy atom. The van der Waals surface area contributed by atoms with Gasteiger partial charge in [0, 0.05) is 22.1 Å². The molecule has 2 aromatic carbocycles. The number of hydrogen-bond acceptors (Lipinski definition) is 5. The summed E-state index contributed by atoms with van der Waals surface area (Å²) in [5, 5.41) is 10.4. The van der Waals surface area contributed by atoms with Crippen LogP contribution < -0.4 is 9.47 Å². The third kappa shape index (κ3) is 2.99. The molecule has 0 aromatic heterocycles. The Hall–Kier alpha value is -2.08. The predicted molar refractivity (Wildman–Crippen MR) is 92.4 cm³/mol. The molecule has 0 aliphatic carbocycles. The molecular formula is C20H22O5. The zero-order chi connectivity index (χ0) is 17.6. The zero-order valence-corrected chi connectivity index (χ0v) is 14.6. The molecule has 1 unspecified atom stereocenters. The SMILES string of the molecule is COc1ccc2c(c1)C(O)Oc1cc(C3OCC(C)(C)CO3)ccc1-2. The Morgan fingerprint density at radius 1 is 1.04 bits per heavy atom. The lowest BCUT2D eigenvalue weighted by molar-refractivity contribution is -0.226. The number of fused-ring (bicyclic) bond motifs is 3. The van der Waals surface area contributed by atoms with Gasteiger partial charge in [0.25, 0.3) is 0 Å². The van der Waals surface area contributed by atoms with Crippen molar-refractivity contribution in [2.75, 3.05) is 20.3 Å². The van der Waals surface area contributed by atoms with Gasteiger partial charge in [-0.25, -0.2) is 0 Å². The second-order valence-corrected chi connectivity index (χ2v) is 7.30. The molecule has 1 N–H and O–H groups in total. The highest BCUT2D eigenvalue weighted by atomic mass is 16.7. The van der Waals surface area contributed by atoms with Crippen molar-refractivity contribution in [3.05, 3.63) is 47.5 Å². The third-order valence-corrected chi connectivity index (χ3v) is 4.58. The summed E-state index contributed by atoms with van der Waals surface area (Å²) in [5.74, 6) is 1.31. The lowest BCUT2D eigenvalue weighted by Crippen LogP contribution is -2.33. The topological polar surface area (TPSA) is 57.2 Å². The van der Waals surface area contributed by atoms with Crippen LogP contribution in [0.2, 0.25) is 0 Å². The maximum atomic E-state index is 10.4. The Balaban J connectivity index is 1.66. The first kappa shape index (κ1) is 16.4. The molecule has 2 heterocycles. The van der Waals surface area contributed by atoms with Crippen LogP contribution in [0.1, 0.15) is 37.6 Å². The number of hydrogen-bond donors (Lipinski definition) is 1. The third-order valence-electron chi connectivity index (χ3n) is 4.58. The molecule has 25 heavy (non-hydrogen) atoms. The molecule has 1 atom stereocenters. The molecule has 5 nitrogen and oxygen atoms in total. The lowest BCUT2D eigenvalue weighted by atomic mass is 9.93. The summed E-state index contributed by atoms with van der Waals surface area (Å²) in [6.45, 7) is 5.50. The summed E-state index contributed by atoms with van der Waals surface area (Å²) in [6.07, 6.45) is -1.43. The van der Waals surface area contributed by atoms with Crippen LogP contribution in [-0.2, 0) is 9.47 Å². The van der Waals surface area contributed by atoms with Crippen LogP contribution in [0.15, 0.2) is 36.4 Å². The number of aliphatic hydroxyl groups excluding tert-OH is 1. The number of aliphatic hydroxyl groups is 1. The molecule has 0 spiro atoms. The van der Waals surface area contributed by atoms with E-state index in [-0.39, 0.29) is 5.41 Å². The minimum Gasteiger partial charge on any atom is -0.497 e. The van der Waals surface area contributed by atoms with E-state index in [2.05, 4.69) is 13.8 Å². The van der Waals surface area contributed by atoms with Gasteiger partial charge < -0.3 is 24.1 Å². The maximum absolute atomic E-state index is 10.4. The smallest absolute Gasteiger partial charge is 0.225 e. The summed E-state index contributed by atoms with van der Waals surface area (Å²) < 4.78 is 22.6. The second-order valence-electron chi connectivity index (χ2n) is 7.30. The first-order chi connectivity index (χ1) is 12.0. The highest BCUT2D eigenvalue weighted by Crippen LogP contribution is 2.44. The highest BCUT2D eigenvalue weighted by Gasteiger charge is 2.31. The molecule has 4 rings (SSSR count). The van der Waals surface area contributed by atoms with Crippen LogP contribution in [0.5, 0.6) is 11.5 Å². The van der Waals surface area contributed by atoms with Crippen molar-refractivity contribution in [2.24, 2.45) is 5.41 Å². The maximum Gasteiger partial charge on any atom is 0.225 e. The first-order valence-electron chi connectivity index (χ1n) is 8.37. The van der Waals surface area contributed by atoms with E-state index in [0.717, 1.165) is 16.7 Å². The van der Waals surface area contributed by atoms with Crippen LogP contribution in [0.3, 0.4) is 0 Å². The van der Waals surface area contributed by atoms with Gasteiger partial charge in [-0.1, -0.05) is 32.0 Å². The van der Waals surface area contributed by atoms with Gasteiger partial charge in [-0.3, -0.25) is 0 Å². The lowest BCUT2D eigenvalue weighted by Gasteiger charge is -2.35. The van der Waals surface area contributed by atoms with Gasteiger partial charge in [-0.15, -0.1) is 0 Å². The summed E-state index contributed by atoms with van der Waals surface area (Å²) in [5.41, 5.74) is 3.48. The van der Waals surface area contributed by atoms with Gasteiger partial charge in [0.1, 0.15) is 11.5 Å². The van der Waals surface area contributed by atoms with E-state index in [1.54, 1.807) is 13.2 Å². The van der Waals surface area contributed by atoms with E-state index in [9.17, 15) is 5.11 Å².